The molecule has 2 heteroatoms. The van der Waals surface area contributed by atoms with Crippen LogP contribution in [-0.4, -0.2) is 0 Å². The van der Waals surface area contributed by atoms with E-state index < -0.39 is 0 Å². The van der Waals surface area contributed by atoms with Gasteiger partial charge in [-0.2, -0.15) is 0 Å². The van der Waals surface area contributed by atoms with Gasteiger partial charge in [0.2, 0.25) is 0 Å². The molecule has 15 rings (SSSR count). The second-order valence-corrected chi connectivity index (χ2v) is 21.4. The molecule has 0 saturated carbocycles. The van der Waals surface area contributed by atoms with Crippen molar-refractivity contribution in [3.05, 3.63) is 247 Å². The Morgan fingerprint density at radius 1 is 0.348 bits per heavy atom. The standard InChI is InChI=1S/C67H42S2/c1-67-39-45(29-33-62(67)54-18-5-4-17-50(54)53-19-6-8-25-61(53)67)47-22-12-24-57-60-38-43(30-34-64(60)69-66(47)57)42-27-31-51-48-15-2-3-16-49(48)58-36-41(28-32-52(58)59(51)37-42)40-13-10-14-44(35-40)46-21-11-23-56-55-20-7-9-26-63(55)68-65(46)56/h2-39,62H,1H3. The second kappa shape index (κ2) is 14.8. The molecule has 11 aromatic carbocycles. The fourth-order valence-electron chi connectivity index (χ4n) is 12.3. The molecule has 0 N–H and O–H groups in total. The summed E-state index contributed by atoms with van der Waals surface area (Å²) < 4.78 is 5.34. The first-order chi connectivity index (χ1) is 34.1. The summed E-state index contributed by atoms with van der Waals surface area (Å²) in [4.78, 5) is 0. The number of benzene rings is 11. The molecule has 322 valence electrons. The van der Waals surface area contributed by atoms with E-state index in [1.807, 2.05) is 22.7 Å². The SMILES string of the molecule is CC12C=C(c3cccc4c3sc3ccc(-c5ccc6c7ccccc7c7cc(-c8cccc(-c9cccc%10c9sc9ccccc9%10)c8)ccc7c6c5)cc34)C=CC1c1ccccc1-c1ccccc12. The fraction of sp³-hybridized carbons (Fsp3) is 0.0448. The van der Waals surface area contributed by atoms with Gasteiger partial charge in [-0.25, -0.2) is 0 Å². The van der Waals surface area contributed by atoms with E-state index in [1.165, 1.54) is 139 Å². The summed E-state index contributed by atoms with van der Waals surface area (Å²) in [7, 11) is 0. The first-order valence-corrected chi connectivity index (χ1v) is 25.6. The van der Waals surface area contributed by atoms with Gasteiger partial charge in [0, 0.05) is 51.7 Å². The number of hydrogen-bond acceptors (Lipinski definition) is 2. The maximum absolute atomic E-state index is 2.56. The fourth-order valence-corrected chi connectivity index (χ4v) is 14.7. The minimum absolute atomic E-state index is 0.157. The van der Waals surface area contributed by atoms with E-state index >= 15 is 0 Å². The number of rotatable bonds is 4. The van der Waals surface area contributed by atoms with Crippen LogP contribution < -0.4 is 0 Å². The van der Waals surface area contributed by atoms with Crippen LogP contribution in [-0.2, 0) is 5.41 Å². The van der Waals surface area contributed by atoms with Crippen molar-refractivity contribution < 1.29 is 0 Å². The zero-order valence-corrected chi connectivity index (χ0v) is 39.5. The molecule has 2 atom stereocenters. The van der Waals surface area contributed by atoms with Gasteiger partial charge in [0.1, 0.15) is 0 Å². The zero-order chi connectivity index (χ0) is 45.4. The van der Waals surface area contributed by atoms with E-state index in [2.05, 4.69) is 237 Å². The van der Waals surface area contributed by atoms with E-state index in [0.717, 1.165) is 0 Å². The van der Waals surface area contributed by atoms with Crippen molar-refractivity contribution in [1.82, 2.24) is 0 Å². The van der Waals surface area contributed by atoms with Crippen molar-refractivity contribution in [1.29, 1.82) is 0 Å². The first-order valence-electron chi connectivity index (χ1n) is 24.0. The van der Waals surface area contributed by atoms with Crippen molar-refractivity contribution in [2.24, 2.45) is 0 Å². The lowest BCUT2D eigenvalue weighted by molar-refractivity contribution is 0.521. The molecule has 2 aromatic heterocycles. The van der Waals surface area contributed by atoms with Crippen molar-refractivity contribution >= 4 is 101 Å². The monoisotopic (exact) mass is 910 g/mol. The Morgan fingerprint density at radius 2 is 0.855 bits per heavy atom. The maximum Gasteiger partial charge on any atom is 0.0433 e. The van der Waals surface area contributed by atoms with E-state index in [-0.39, 0.29) is 11.3 Å². The molecule has 0 spiro atoms. The Morgan fingerprint density at radius 3 is 1.65 bits per heavy atom. The number of allylic oxidation sites excluding steroid dienone is 4. The molecule has 0 saturated heterocycles. The van der Waals surface area contributed by atoms with Gasteiger partial charge in [-0.1, -0.05) is 201 Å². The van der Waals surface area contributed by atoms with Crippen LogP contribution in [0.1, 0.15) is 29.5 Å². The van der Waals surface area contributed by atoms with Gasteiger partial charge in [-0.3, -0.25) is 0 Å². The van der Waals surface area contributed by atoms with Gasteiger partial charge in [0.25, 0.3) is 0 Å². The lowest BCUT2D eigenvalue weighted by Gasteiger charge is -2.43. The third-order valence-corrected chi connectivity index (χ3v) is 18.0. The van der Waals surface area contributed by atoms with Crippen molar-refractivity contribution in [2.45, 2.75) is 18.3 Å². The van der Waals surface area contributed by atoms with Crippen LogP contribution in [0.5, 0.6) is 0 Å². The third-order valence-electron chi connectivity index (χ3n) is 15.6. The molecule has 0 bridgehead atoms. The Kier molecular flexibility index (Phi) is 8.40. The average molecular weight is 911 g/mol. The highest BCUT2D eigenvalue weighted by Gasteiger charge is 2.42. The summed E-state index contributed by atoms with van der Waals surface area (Å²) in [6.45, 7) is 2.44. The molecular weight excluding hydrogens is 869 g/mol. The van der Waals surface area contributed by atoms with Crippen LogP contribution in [0.15, 0.2) is 231 Å². The number of fused-ring (bicyclic) bond motifs is 18. The smallest absolute Gasteiger partial charge is 0.0433 e. The quantitative estimate of drug-likeness (QED) is 0.154. The van der Waals surface area contributed by atoms with Gasteiger partial charge >= 0.3 is 0 Å². The highest BCUT2D eigenvalue weighted by molar-refractivity contribution is 7.26. The Bertz CT molecular complexity index is 4400. The third kappa shape index (κ3) is 5.80. The minimum atomic E-state index is -0.157. The van der Waals surface area contributed by atoms with E-state index in [9.17, 15) is 0 Å². The molecule has 69 heavy (non-hydrogen) atoms. The maximum atomic E-state index is 2.56. The van der Waals surface area contributed by atoms with E-state index in [4.69, 9.17) is 0 Å². The Hall–Kier alpha value is -7.88. The first kappa shape index (κ1) is 39.1. The van der Waals surface area contributed by atoms with Crippen LogP contribution in [0.2, 0.25) is 0 Å². The van der Waals surface area contributed by atoms with Gasteiger partial charge in [-0.15, -0.1) is 22.7 Å². The van der Waals surface area contributed by atoms with Crippen LogP contribution in [0.4, 0.5) is 0 Å². The summed E-state index contributed by atoms with van der Waals surface area (Å²) in [6, 6.07) is 79.8. The van der Waals surface area contributed by atoms with Crippen LogP contribution in [0.3, 0.4) is 0 Å². The second-order valence-electron chi connectivity index (χ2n) is 19.3. The van der Waals surface area contributed by atoms with E-state index in [1.54, 1.807) is 0 Å². The van der Waals surface area contributed by atoms with Crippen molar-refractivity contribution in [3.8, 4) is 44.5 Å². The molecule has 2 aliphatic rings. The molecule has 2 aliphatic carbocycles. The predicted octanol–water partition coefficient (Wildman–Crippen LogP) is 19.6. The van der Waals surface area contributed by atoms with Crippen LogP contribution >= 0.6 is 22.7 Å². The van der Waals surface area contributed by atoms with Crippen LogP contribution in [0, 0.1) is 0 Å². The number of thiophene rings is 2. The Labute approximate surface area is 408 Å². The predicted molar refractivity (Wildman–Crippen MR) is 300 cm³/mol. The molecular formula is C67H42S2. The number of hydrogen-bond donors (Lipinski definition) is 0. The highest BCUT2D eigenvalue weighted by Crippen LogP contribution is 2.55. The molecule has 0 nitrogen and oxygen atoms in total. The summed E-state index contributed by atoms with van der Waals surface area (Å²) in [5.74, 6) is 0.285. The topological polar surface area (TPSA) is 0 Å². The van der Waals surface area contributed by atoms with Gasteiger partial charge in [0.05, 0.1) is 0 Å². The summed E-state index contributed by atoms with van der Waals surface area (Å²) in [5.41, 5.74) is 15.4. The Balaban J connectivity index is 0.827. The lowest BCUT2D eigenvalue weighted by atomic mass is 9.60. The lowest BCUT2D eigenvalue weighted by Crippen LogP contribution is -2.33. The molecule has 0 fully saturated rings. The zero-order valence-electron chi connectivity index (χ0n) is 37.8. The molecule has 2 heterocycles. The average Bonchev–Trinajstić information content (AvgIpc) is 3.99. The van der Waals surface area contributed by atoms with Gasteiger partial charge < -0.3 is 0 Å². The van der Waals surface area contributed by atoms with Gasteiger partial charge in [-0.05, 0) is 135 Å². The largest absolute Gasteiger partial charge is 0.135 e. The van der Waals surface area contributed by atoms with Crippen molar-refractivity contribution in [2.75, 3.05) is 0 Å². The molecule has 0 radical (unpaired) electrons. The normalized spacial score (nSPS) is 16.4. The highest BCUT2D eigenvalue weighted by atomic mass is 32.1. The summed E-state index contributed by atoms with van der Waals surface area (Å²) >= 11 is 3.81. The van der Waals surface area contributed by atoms with Crippen LogP contribution in [0.25, 0.3) is 123 Å². The molecule has 0 aliphatic heterocycles. The summed E-state index contributed by atoms with van der Waals surface area (Å²) in [5, 5.41) is 13.0. The molecule has 2 unspecified atom stereocenters. The van der Waals surface area contributed by atoms with E-state index in [0.29, 0.717) is 0 Å². The van der Waals surface area contributed by atoms with Gasteiger partial charge in [0.15, 0.2) is 0 Å². The molecule has 13 aromatic rings. The summed E-state index contributed by atoms with van der Waals surface area (Å²) in [6.07, 6.45) is 7.42. The minimum Gasteiger partial charge on any atom is -0.135 e. The van der Waals surface area contributed by atoms with Crippen molar-refractivity contribution in [3.63, 3.8) is 0 Å². The molecule has 0 amide bonds.